The number of para-hydroxylation sites is 1. The summed E-state index contributed by atoms with van der Waals surface area (Å²) in [6.45, 7) is 2.43. The van der Waals surface area contributed by atoms with Gasteiger partial charge in [0.15, 0.2) is 0 Å². The molecule has 0 atom stereocenters. The quantitative estimate of drug-likeness (QED) is 0.792. The molecule has 0 unspecified atom stereocenters. The van der Waals surface area contributed by atoms with Crippen LogP contribution in [0.4, 0.5) is 0 Å². The number of allylic oxidation sites excluding steroid dienone is 1. The van der Waals surface area contributed by atoms with Crippen molar-refractivity contribution in [2.75, 3.05) is 6.61 Å². The van der Waals surface area contributed by atoms with Gasteiger partial charge in [-0.15, -0.1) is 0 Å². The zero-order valence-corrected chi connectivity index (χ0v) is 16.1. The lowest BCUT2D eigenvalue weighted by Crippen LogP contribution is -2.32. The highest BCUT2D eigenvalue weighted by molar-refractivity contribution is 7.94. The molecule has 0 saturated carbocycles. The number of rotatable bonds is 7. The van der Waals surface area contributed by atoms with E-state index in [1.165, 1.54) is 0 Å². The Morgan fingerprint density at radius 1 is 1.07 bits per heavy atom. The summed E-state index contributed by atoms with van der Waals surface area (Å²) >= 11 is 0. The Bertz CT molecular complexity index is 964. The van der Waals surface area contributed by atoms with E-state index in [1.807, 2.05) is 55.5 Å². The van der Waals surface area contributed by atoms with Crippen LogP contribution in [0.5, 0.6) is 5.75 Å². The number of sulfonamides is 1. The monoisotopic (exact) mass is 385 g/mol. The van der Waals surface area contributed by atoms with Crippen LogP contribution in [0.15, 0.2) is 53.4 Å². The van der Waals surface area contributed by atoms with E-state index >= 15 is 0 Å². The maximum atomic E-state index is 12.6. The molecule has 6 heteroatoms. The second kappa shape index (κ2) is 8.39. The van der Waals surface area contributed by atoms with Crippen molar-refractivity contribution in [3.8, 4) is 5.75 Å². The fraction of sp³-hybridized carbons (Fsp3) is 0.286. The minimum atomic E-state index is -3.82. The standard InChI is InChI=1S/C21H23NO4S/c1-2-26-20-10-6-5-8-17(20)12-14-21(23)22-27(24,25)19-13-11-16-7-3-4-9-18(16)15-19/h3-10,15H,2,11-14H2,1H3,(H,22,23). The first-order valence-corrected chi connectivity index (χ1v) is 10.5. The van der Waals surface area contributed by atoms with Crippen LogP contribution in [-0.2, 0) is 27.7 Å². The average molecular weight is 385 g/mol. The molecule has 142 valence electrons. The molecule has 0 aliphatic heterocycles. The number of carbonyl (C=O) groups excluding carboxylic acids is 1. The molecule has 5 nitrogen and oxygen atoms in total. The van der Waals surface area contributed by atoms with E-state index in [0.717, 1.165) is 22.4 Å². The fourth-order valence-electron chi connectivity index (χ4n) is 3.14. The Morgan fingerprint density at radius 3 is 2.63 bits per heavy atom. The lowest BCUT2D eigenvalue weighted by molar-refractivity contribution is -0.119. The molecule has 0 heterocycles. The van der Waals surface area contributed by atoms with Crippen molar-refractivity contribution >= 4 is 22.0 Å². The Balaban J connectivity index is 1.65. The summed E-state index contributed by atoms with van der Waals surface area (Å²) in [5, 5.41) is 0. The van der Waals surface area contributed by atoms with Crippen molar-refractivity contribution in [3.05, 3.63) is 70.1 Å². The second-order valence-electron chi connectivity index (χ2n) is 6.38. The van der Waals surface area contributed by atoms with Crippen LogP contribution in [0.3, 0.4) is 0 Å². The van der Waals surface area contributed by atoms with E-state index < -0.39 is 15.9 Å². The number of amides is 1. The van der Waals surface area contributed by atoms with E-state index in [-0.39, 0.29) is 11.3 Å². The van der Waals surface area contributed by atoms with Gasteiger partial charge in [0, 0.05) is 6.42 Å². The second-order valence-corrected chi connectivity index (χ2v) is 8.11. The highest BCUT2D eigenvalue weighted by Gasteiger charge is 2.23. The maximum Gasteiger partial charge on any atom is 0.260 e. The van der Waals surface area contributed by atoms with Gasteiger partial charge in [-0.25, -0.2) is 13.1 Å². The van der Waals surface area contributed by atoms with Gasteiger partial charge >= 0.3 is 0 Å². The van der Waals surface area contributed by atoms with Crippen LogP contribution in [0, 0.1) is 0 Å². The Hall–Kier alpha value is -2.60. The maximum absolute atomic E-state index is 12.6. The molecule has 1 amide bonds. The number of aryl methyl sites for hydroxylation is 2. The summed E-state index contributed by atoms with van der Waals surface area (Å²) in [6, 6.07) is 15.2. The number of hydrogen-bond acceptors (Lipinski definition) is 4. The third-order valence-corrected chi connectivity index (χ3v) is 6.01. The predicted molar refractivity (Wildman–Crippen MR) is 106 cm³/mol. The molecule has 0 fully saturated rings. The number of hydrogen-bond donors (Lipinski definition) is 1. The van der Waals surface area contributed by atoms with Crippen LogP contribution < -0.4 is 9.46 Å². The summed E-state index contributed by atoms with van der Waals surface area (Å²) in [5.74, 6) is 0.211. The van der Waals surface area contributed by atoms with E-state index in [4.69, 9.17) is 4.74 Å². The van der Waals surface area contributed by atoms with Crippen LogP contribution in [0.1, 0.15) is 36.5 Å². The minimum absolute atomic E-state index is 0.0766. The number of fused-ring (bicyclic) bond motifs is 1. The number of carbonyl (C=O) groups is 1. The van der Waals surface area contributed by atoms with Crippen LogP contribution in [-0.4, -0.2) is 20.9 Å². The van der Waals surface area contributed by atoms with Gasteiger partial charge in [-0.05, 0) is 55.0 Å². The van der Waals surface area contributed by atoms with Crippen molar-refractivity contribution in [2.24, 2.45) is 0 Å². The Labute approximate surface area is 160 Å². The van der Waals surface area contributed by atoms with Gasteiger partial charge in [0.2, 0.25) is 5.91 Å². The minimum Gasteiger partial charge on any atom is -0.494 e. The Kier molecular flexibility index (Phi) is 5.96. The fourth-order valence-corrected chi connectivity index (χ4v) is 4.33. The molecule has 0 bridgehead atoms. The lowest BCUT2D eigenvalue weighted by Gasteiger charge is -2.17. The first-order chi connectivity index (χ1) is 13.0. The zero-order chi connectivity index (χ0) is 19.3. The zero-order valence-electron chi connectivity index (χ0n) is 15.3. The molecule has 27 heavy (non-hydrogen) atoms. The van der Waals surface area contributed by atoms with E-state index in [2.05, 4.69) is 4.72 Å². The largest absolute Gasteiger partial charge is 0.494 e. The van der Waals surface area contributed by atoms with Crippen LogP contribution >= 0.6 is 0 Å². The highest BCUT2D eigenvalue weighted by Crippen LogP contribution is 2.26. The summed E-state index contributed by atoms with van der Waals surface area (Å²) in [5.41, 5.74) is 2.90. The predicted octanol–water partition coefficient (Wildman–Crippen LogP) is 3.45. The first kappa shape index (κ1) is 19.2. The number of benzene rings is 2. The third kappa shape index (κ3) is 4.77. The van der Waals surface area contributed by atoms with Gasteiger partial charge in [0.25, 0.3) is 10.0 Å². The van der Waals surface area contributed by atoms with E-state index in [9.17, 15) is 13.2 Å². The molecule has 0 aromatic heterocycles. The molecule has 1 N–H and O–H groups in total. The molecule has 1 aliphatic rings. The molecule has 0 saturated heterocycles. The van der Waals surface area contributed by atoms with Crippen LogP contribution in [0.2, 0.25) is 0 Å². The average Bonchev–Trinajstić information content (AvgIpc) is 2.67. The van der Waals surface area contributed by atoms with Crippen LogP contribution in [0.25, 0.3) is 6.08 Å². The topological polar surface area (TPSA) is 72.5 Å². The number of ether oxygens (including phenoxy) is 1. The third-order valence-electron chi connectivity index (χ3n) is 4.50. The van der Waals surface area contributed by atoms with Gasteiger partial charge in [0.05, 0.1) is 11.5 Å². The molecular formula is C21H23NO4S. The van der Waals surface area contributed by atoms with Gasteiger partial charge in [-0.2, -0.15) is 0 Å². The van der Waals surface area contributed by atoms with Crippen molar-refractivity contribution in [1.82, 2.24) is 4.72 Å². The molecule has 0 spiro atoms. The van der Waals surface area contributed by atoms with E-state index in [1.54, 1.807) is 6.08 Å². The van der Waals surface area contributed by atoms with Gasteiger partial charge in [-0.3, -0.25) is 4.79 Å². The van der Waals surface area contributed by atoms with Gasteiger partial charge < -0.3 is 4.74 Å². The number of nitrogens with one attached hydrogen (secondary N) is 1. The summed E-state index contributed by atoms with van der Waals surface area (Å²) in [4.78, 5) is 12.5. The molecule has 2 aromatic carbocycles. The van der Waals surface area contributed by atoms with Crippen molar-refractivity contribution in [1.29, 1.82) is 0 Å². The van der Waals surface area contributed by atoms with Gasteiger partial charge in [-0.1, -0.05) is 42.5 Å². The molecular weight excluding hydrogens is 362 g/mol. The van der Waals surface area contributed by atoms with Crippen molar-refractivity contribution in [2.45, 2.75) is 32.6 Å². The summed E-state index contributed by atoms with van der Waals surface area (Å²) < 4.78 is 32.9. The first-order valence-electron chi connectivity index (χ1n) is 9.04. The summed E-state index contributed by atoms with van der Waals surface area (Å²) in [7, 11) is -3.82. The molecule has 1 aliphatic carbocycles. The molecule has 0 radical (unpaired) electrons. The SMILES string of the molecule is CCOc1ccccc1CCC(=O)NS(=O)(=O)C1=Cc2ccccc2CC1. The lowest BCUT2D eigenvalue weighted by atomic mass is 9.98. The Morgan fingerprint density at radius 2 is 1.81 bits per heavy atom. The van der Waals surface area contributed by atoms with E-state index in [0.29, 0.717) is 25.9 Å². The van der Waals surface area contributed by atoms with Crippen molar-refractivity contribution < 1.29 is 17.9 Å². The van der Waals surface area contributed by atoms with Crippen molar-refractivity contribution in [3.63, 3.8) is 0 Å². The molecule has 3 rings (SSSR count). The van der Waals surface area contributed by atoms with Gasteiger partial charge in [0.1, 0.15) is 5.75 Å². The smallest absolute Gasteiger partial charge is 0.260 e. The normalized spacial score (nSPS) is 13.4. The molecule has 2 aromatic rings. The highest BCUT2D eigenvalue weighted by atomic mass is 32.2. The summed E-state index contributed by atoms with van der Waals surface area (Å²) in [6.07, 6.45) is 3.19.